The summed E-state index contributed by atoms with van der Waals surface area (Å²) in [4.78, 5) is 0. The van der Waals surface area contributed by atoms with Crippen LogP contribution in [0.3, 0.4) is 0 Å². The maximum atomic E-state index is 12.7. The van der Waals surface area contributed by atoms with Crippen LogP contribution in [0, 0.1) is 24.4 Å². The topological polar surface area (TPSA) is 26.0 Å². The molecule has 0 radical (unpaired) electrons. The maximum absolute atomic E-state index is 12.7. The lowest BCUT2D eigenvalue weighted by atomic mass is 10.2. The molecule has 0 bridgehead atoms. The first-order valence-electron chi connectivity index (χ1n) is 3.04. The monoisotopic (exact) mass is 195 g/mol. The fourth-order valence-electron chi connectivity index (χ4n) is 0.774. The van der Waals surface area contributed by atoms with E-state index in [1.165, 1.54) is 6.92 Å². The molecule has 2 N–H and O–H groups in total. The molecular weight excluding hydrogens is 191 g/mol. The summed E-state index contributed by atoms with van der Waals surface area (Å²) in [5, 5.41) is -0.286. The second-order valence-electron chi connectivity index (χ2n) is 2.29. The number of rotatable bonds is 0. The van der Waals surface area contributed by atoms with Crippen molar-refractivity contribution < 1.29 is 13.2 Å². The maximum Gasteiger partial charge on any atom is 0.196 e. The van der Waals surface area contributed by atoms with Gasteiger partial charge < -0.3 is 5.73 Å². The molecule has 0 aliphatic rings. The van der Waals surface area contributed by atoms with Crippen molar-refractivity contribution in [2.24, 2.45) is 0 Å². The van der Waals surface area contributed by atoms with Gasteiger partial charge in [-0.15, -0.1) is 0 Å². The van der Waals surface area contributed by atoms with E-state index in [0.717, 1.165) is 0 Å². The van der Waals surface area contributed by atoms with Gasteiger partial charge in [0.2, 0.25) is 0 Å². The van der Waals surface area contributed by atoms with Gasteiger partial charge in [-0.05, 0) is 6.92 Å². The van der Waals surface area contributed by atoms with Crippen molar-refractivity contribution >= 4 is 17.3 Å². The van der Waals surface area contributed by atoms with Crippen LogP contribution in [0.4, 0.5) is 18.9 Å². The van der Waals surface area contributed by atoms with Gasteiger partial charge in [0, 0.05) is 5.56 Å². The van der Waals surface area contributed by atoms with E-state index in [9.17, 15) is 13.2 Å². The number of anilines is 1. The summed E-state index contributed by atoms with van der Waals surface area (Å²) in [6.45, 7) is 1.22. The van der Waals surface area contributed by atoms with Gasteiger partial charge in [0.1, 0.15) is 0 Å². The van der Waals surface area contributed by atoms with E-state index >= 15 is 0 Å². The Balaban J connectivity index is 3.60. The Kier molecular flexibility index (Phi) is 2.19. The molecule has 0 aromatic heterocycles. The minimum atomic E-state index is -1.59. The second kappa shape index (κ2) is 2.86. The van der Waals surface area contributed by atoms with Gasteiger partial charge in [0.05, 0.1) is 10.7 Å². The molecule has 12 heavy (non-hydrogen) atoms. The van der Waals surface area contributed by atoms with Gasteiger partial charge in [-0.1, -0.05) is 11.6 Å². The SMILES string of the molecule is Cc1c(F)c(F)c(F)c(N)c1Cl. The Labute approximate surface area is 71.9 Å². The Morgan fingerprint density at radius 1 is 1.08 bits per heavy atom. The van der Waals surface area contributed by atoms with Gasteiger partial charge >= 0.3 is 0 Å². The Hall–Kier alpha value is -0.900. The molecule has 0 aliphatic heterocycles. The standard InChI is InChI=1S/C7H5ClF3N/c1-2-3(8)7(12)6(11)5(10)4(2)9/h12H2,1H3. The van der Waals surface area contributed by atoms with Crippen LogP contribution in [0.1, 0.15) is 5.56 Å². The first-order valence-corrected chi connectivity index (χ1v) is 3.42. The average Bonchev–Trinajstić information content (AvgIpc) is 2.08. The lowest BCUT2D eigenvalue weighted by Crippen LogP contribution is -2.02. The molecule has 1 rings (SSSR count). The molecule has 1 aromatic rings. The smallest absolute Gasteiger partial charge is 0.196 e. The number of hydrogen-bond acceptors (Lipinski definition) is 1. The summed E-state index contributed by atoms with van der Waals surface area (Å²) < 4.78 is 37.8. The summed E-state index contributed by atoms with van der Waals surface area (Å²) in [5.41, 5.74) is 4.29. The zero-order chi connectivity index (χ0) is 9.46. The van der Waals surface area contributed by atoms with Gasteiger partial charge in [-0.25, -0.2) is 13.2 Å². The van der Waals surface area contributed by atoms with Gasteiger partial charge in [0.25, 0.3) is 0 Å². The van der Waals surface area contributed by atoms with E-state index in [1.807, 2.05) is 0 Å². The van der Waals surface area contributed by atoms with Crippen LogP contribution in [0.25, 0.3) is 0 Å². The summed E-state index contributed by atoms with van der Waals surface area (Å²) in [7, 11) is 0. The van der Waals surface area contributed by atoms with E-state index in [0.29, 0.717) is 0 Å². The van der Waals surface area contributed by atoms with Crippen molar-refractivity contribution in [3.05, 3.63) is 28.0 Å². The number of halogens is 4. The molecular formula is C7H5ClF3N. The lowest BCUT2D eigenvalue weighted by Gasteiger charge is -2.05. The van der Waals surface area contributed by atoms with Crippen molar-refractivity contribution in [2.45, 2.75) is 6.92 Å². The summed E-state index contributed by atoms with van der Waals surface area (Å²) in [5.74, 6) is -4.33. The van der Waals surface area contributed by atoms with Crippen LogP contribution in [0.2, 0.25) is 5.02 Å². The molecule has 1 aromatic carbocycles. The van der Waals surface area contributed by atoms with Crippen LogP contribution < -0.4 is 5.73 Å². The highest BCUT2D eigenvalue weighted by Crippen LogP contribution is 2.30. The van der Waals surface area contributed by atoms with Crippen molar-refractivity contribution in [3.8, 4) is 0 Å². The van der Waals surface area contributed by atoms with Crippen LogP contribution in [-0.4, -0.2) is 0 Å². The van der Waals surface area contributed by atoms with Gasteiger partial charge in [-0.3, -0.25) is 0 Å². The molecule has 66 valence electrons. The molecule has 0 atom stereocenters. The molecule has 0 unspecified atom stereocenters. The van der Waals surface area contributed by atoms with Gasteiger partial charge in [0.15, 0.2) is 17.5 Å². The number of benzene rings is 1. The van der Waals surface area contributed by atoms with Crippen molar-refractivity contribution in [2.75, 3.05) is 5.73 Å². The third kappa shape index (κ3) is 1.12. The first-order chi connectivity index (χ1) is 5.46. The van der Waals surface area contributed by atoms with Crippen LogP contribution in [-0.2, 0) is 0 Å². The van der Waals surface area contributed by atoms with Crippen molar-refractivity contribution in [3.63, 3.8) is 0 Å². The molecule has 0 amide bonds. The first kappa shape index (κ1) is 9.19. The molecule has 0 heterocycles. The van der Waals surface area contributed by atoms with E-state index in [2.05, 4.69) is 0 Å². The minimum Gasteiger partial charge on any atom is -0.395 e. The number of hydrogen-bond donors (Lipinski definition) is 1. The molecule has 0 saturated heterocycles. The highest BCUT2D eigenvalue weighted by molar-refractivity contribution is 6.33. The number of nitrogen functional groups attached to an aromatic ring is 1. The summed E-state index contributed by atoms with van der Waals surface area (Å²) in [6.07, 6.45) is 0. The van der Waals surface area contributed by atoms with Crippen LogP contribution in [0.5, 0.6) is 0 Å². The molecule has 5 heteroatoms. The average molecular weight is 196 g/mol. The zero-order valence-electron chi connectivity index (χ0n) is 6.09. The predicted molar refractivity (Wildman–Crippen MR) is 40.5 cm³/mol. The van der Waals surface area contributed by atoms with Gasteiger partial charge in [-0.2, -0.15) is 0 Å². The Bertz CT molecular complexity index is 233. The quantitative estimate of drug-likeness (QED) is 0.384. The molecule has 0 saturated carbocycles. The van der Waals surface area contributed by atoms with Crippen molar-refractivity contribution in [1.82, 2.24) is 0 Å². The fourth-order valence-corrected chi connectivity index (χ4v) is 0.940. The molecule has 0 aliphatic carbocycles. The lowest BCUT2D eigenvalue weighted by molar-refractivity contribution is 0.446. The van der Waals surface area contributed by atoms with E-state index in [1.54, 1.807) is 0 Å². The summed E-state index contributed by atoms with van der Waals surface area (Å²) in [6, 6.07) is 0. The van der Waals surface area contributed by atoms with E-state index in [-0.39, 0.29) is 10.6 Å². The largest absolute Gasteiger partial charge is 0.395 e. The van der Waals surface area contributed by atoms with Crippen LogP contribution >= 0.6 is 11.6 Å². The zero-order valence-corrected chi connectivity index (χ0v) is 6.85. The fraction of sp³-hybridized carbons (Fsp3) is 0.143. The third-order valence-electron chi connectivity index (χ3n) is 1.52. The minimum absolute atomic E-state index is 0.187. The number of nitrogens with two attached hydrogens (primary N) is 1. The predicted octanol–water partition coefficient (Wildman–Crippen LogP) is 2.65. The highest BCUT2D eigenvalue weighted by atomic mass is 35.5. The molecule has 0 fully saturated rings. The van der Waals surface area contributed by atoms with E-state index < -0.39 is 23.1 Å². The third-order valence-corrected chi connectivity index (χ3v) is 2.00. The second-order valence-corrected chi connectivity index (χ2v) is 2.67. The summed E-state index contributed by atoms with van der Waals surface area (Å²) >= 11 is 5.39. The molecule has 1 nitrogen and oxygen atoms in total. The van der Waals surface area contributed by atoms with Crippen LogP contribution in [0.15, 0.2) is 0 Å². The Morgan fingerprint density at radius 3 is 2.08 bits per heavy atom. The van der Waals surface area contributed by atoms with E-state index in [4.69, 9.17) is 17.3 Å². The Morgan fingerprint density at radius 2 is 1.58 bits per heavy atom. The highest BCUT2D eigenvalue weighted by Gasteiger charge is 2.19. The normalized spacial score (nSPS) is 10.4. The molecule has 0 spiro atoms. The van der Waals surface area contributed by atoms with Crippen molar-refractivity contribution in [1.29, 1.82) is 0 Å².